The van der Waals surface area contributed by atoms with E-state index in [0.717, 1.165) is 4.90 Å². The van der Waals surface area contributed by atoms with Crippen LogP contribution in [0.15, 0.2) is 96.7 Å². The number of aliphatic hydroxyl groups is 1. The number of hydrogen-bond acceptors (Lipinski definition) is 9. The lowest BCUT2D eigenvalue weighted by Crippen LogP contribution is -2.53. The Kier molecular flexibility index (Phi) is 9.93. The number of alkyl halides is 3. The van der Waals surface area contributed by atoms with E-state index in [2.05, 4.69) is 10.4 Å². The molecule has 4 aromatic rings. The summed E-state index contributed by atoms with van der Waals surface area (Å²) in [5.41, 5.74) is 1.81. The van der Waals surface area contributed by atoms with Gasteiger partial charge in [-0.3, -0.25) is 34.3 Å². The van der Waals surface area contributed by atoms with Gasteiger partial charge in [0, 0.05) is 28.3 Å². The van der Waals surface area contributed by atoms with Crippen molar-refractivity contribution in [1.82, 2.24) is 9.99 Å². The molecule has 298 valence electrons. The maximum Gasteiger partial charge on any atom is 0.417 e. The van der Waals surface area contributed by atoms with Crippen LogP contribution in [-0.2, 0) is 30.8 Å². The second kappa shape index (κ2) is 14.7. The molecule has 3 aromatic carbocycles. The fourth-order valence-electron chi connectivity index (χ4n) is 9.23. The first-order valence-electron chi connectivity index (χ1n) is 18.3. The molecule has 1 saturated carbocycles. The van der Waals surface area contributed by atoms with Gasteiger partial charge in [0.05, 0.1) is 46.0 Å². The topological polar surface area (TPSA) is 146 Å². The number of para-hydroxylation sites is 1. The number of allylic oxidation sites excluding steroid dienone is 2. The highest BCUT2D eigenvalue weighted by Gasteiger charge is 2.70. The maximum atomic E-state index is 15.4. The van der Waals surface area contributed by atoms with Crippen LogP contribution in [0.2, 0.25) is 10.0 Å². The average molecular weight is 834 g/mol. The highest BCUT2D eigenvalue weighted by molar-refractivity contribution is 6.33. The second-order valence-electron chi connectivity index (χ2n) is 14.6. The number of benzene rings is 3. The van der Waals surface area contributed by atoms with Gasteiger partial charge >= 0.3 is 6.18 Å². The van der Waals surface area contributed by atoms with E-state index < -0.39 is 75.4 Å². The van der Waals surface area contributed by atoms with Gasteiger partial charge in [0.25, 0.3) is 11.8 Å². The first-order valence-corrected chi connectivity index (χ1v) is 19.1. The number of nitrogens with one attached hydrogen (secondary N) is 1. The zero-order valence-corrected chi connectivity index (χ0v) is 32.0. The van der Waals surface area contributed by atoms with Crippen LogP contribution in [0.4, 0.5) is 24.7 Å². The minimum Gasteiger partial charge on any atom is -0.491 e. The van der Waals surface area contributed by atoms with Gasteiger partial charge < -0.3 is 9.84 Å². The maximum absolute atomic E-state index is 15.4. The lowest BCUT2D eigenvalue weighted by Gasteiger charge is -2.50. The summed E-state index contributed by atoms with van der Waals surface area (Å²) < 4.78 is 46.6. The number of aliphatic hydroxyl groups excluding tert-OH is 1. The minimum absolute atomic E-state index is 0.0845. The molecular formula is C42H33Cl2F3N4O7. The van der Waals surface area contributed by atoms with E-state index in [1.54, 1.807) is 48.5 Å². The van der Waals surface area contributed by atoms with Crippen LogP contribution >= 0.6 is 23.2 Å². The van der Waals surface area contributed by atoms with E-state index in [0.29, 0.717) is 44.6 Å². The number of aromatic nitrogens is 1. The predicted molar refractivity (Wildman–Crippen MR) is 205 cm³/mol. The Bertz CT molecular complexity index is 2410. The molecule has 3 fully saturated rings. The van der Waals surface area contributed by atoms with Gasteiger partial charge in [0.15, 0.2) is 11.6 Å². The largest absolute Gasteiger partial charge is 0.491 e. The number of amides is 4. The normalized spacial score (nSPS) is 25.3. The van der Waals surface area contributed by atoms with Crippen molar-refractivity contribution in [1.29, 1.82) is 0 Å². The van der Waals surface area contributed by atoms with Crippen molar-refractivity contribution >= 4 is 64.1 Å². The third-order valence-corrected chi connectivity index (χ3v) is 12.2. The second-order valence-corrected chi connectivity index (χ2v) is 15.5. The number of hydrogen-bond donors (Lipinski definition) is 2. The monoisotopic (exact) mass is 832 g/mol. The molecule has 4 aliphatic rings. The fourth-order valence-corrected chi connectivity index (χ4v) is 9.57. The molecule has 16 heteroatoms. The quantitative estimate of drug-likeness (QED) is 0.102. The highest BCUT2D eigenvalue weighted by Crippen LogP contribution is 2.65. The Balaban J connectivity index is 1.31. The zero-order valence-electron chi connectivity index (χ0n) is 30.5. The van der Waals surface area contributed by atoms with Gasteiger partial charge in [-0.25, -0.2) is 4.98 Å². The molecule has 2 saturated heterocycles. The number of ketones is 1. The molecule has 2 aliphatic carbocycles. The number of rotatable bonds is 9. The summed E-state index contributed by atoms with van der Waals surface area (Å²) in [6.07, 6.45) is -2.35. The third-order valence-electron chi connectivity index (χ3n) is 11.7. The van der Waals surface area contributed by atoms with E-state index in [-0.39, 0.29) is 49.1 Å². The van der Waals surface area contributed by atoms with Crippen LogP contribution < -0.4 is 15.1 Å². The van der Waals surface area contributed by atoms with Crippen LogP contribution in [0, 0.1) is 23.7 Å². The van der Waals surface area contributed by atoms with Gasteiger partial charge in [0.2, 0.25) is 11.8 Å². The fraction of sp³-hybridized carbons (Fsp3) is 0.286. The minimum atomic E-state index is -4.77. The van der Waals surface area contributed by atoms with E-state index in [9.17, 15) is 37.5 Å². The Labute approximate surface area is 339 Å². The van der Waals surface area contributed by atoms with E-state index in [1.807, 2.05) is 6.08 Å². The Hall–Kier alpha value is -5.57. The molecule has 2 N–H and O–H groups in total. The van der Waals surface area contributed by atoms with Gasteiger partial charge in [-0.15, -0.1) is 0 Å². The number of anilines is 2. The van der Waals surface area contributed by atoms with Crippen molar-refractivity contribution in [2.45, 2.75) is 37.3 Å². The molecule has 3 heterocycles. The van der Waals surface area contributed by atoms with Crippen LogP contribution in [0.5, 0.6) is 5.75 Å². The molecule has 58 heavy (non-hydrogen) atoms. The number of carbonyl (C=O) groups is 5. The van der Waals surface area contributed by atoms with E-state index >= 15 is 4.79 Å². The zero-order chi connectivity index (χ0) is 41.3. The van der Waals surface area contributed by atoms with Gasteiger partial charge in [0.1, 0.15) is 12.4 Å². The number of imide groups is 2. The first kappa shape index (κ1) is 39.3. The van der Waals surface area contributed by atoms with E-state index in [4.69, 9.17) is 27.9 Å². The number of Topliss-reactive ketones (excluding diaryl/α,β-unsaturated/α-hetero) is 1. The van der Waals surface area contributed by atoms with E-state index in [1.165, 1.54) is 31.2 Å². The summed E-state index contributed by atoms with van der Waals surface area (Å²) in [5.74, 6) is -7.58. The summed E-state index contributed by atoms with van der Waals surface area (Å²) >= 11 is 12.6. The smallest absolute Gasteiger partial charge is 0.417 e. The van der Waals surface area contributed by atoms with Crippen LogP contribution in [0.3, 0.4) is 0 Å². The molecule has 2 aliphatic heterocycles. The molecule has 6 atom stereocenters. The number of nitrogens with zero attached hydrogens (tertiary/aromatic N) is 3. The summed E-state index contributed by atoms with van der Waals surface area (Å²) in [6.45, 7) is 0.950. The Morgan fingerprint density at radius 1 is 0.966 bits per heavy atom. The van der Waals surface area contributed by atoms with Gasteiger partial charge in [-0.1, -0.05) is 65.2 Å². The number of fused-ring (bicyclic) bond motifs is 4. The number of hydrazine groups is 1. The molecule has 1 aromatic heterocycles. The van der Waals surface area contributed by atoms with Crippen molar-refractivity contribution in [3.8, 4) is 5.75 Å². The number of ether oxygens (including phenoxy) is 1. The van der Waals surface area contributed by atoms with Crippen molar-refractivity contribution in [2.24, 2.45) is 23.7 Å². The Morgan fingerprint density at radius 2 is 1.67 bits per heavy atom. The van der Waals surface area contributed by atoms with Crippen LogP contribution in [0.1, 0.15) is 52.7 Å². The summed E-state index contributed by atoms with van der Waals surface area (Å²) in [6, 6.07) is 20.0. The van der Waals surface area contributed by atoms with Crippen molar-refractivity contribution in [3.05, 3.63) is 129 Å². The standard InChI is InChI=1S/C42H33Cl2F3N4O7/c1-21(53)22-6-12-26(13-7-22)50-37(54)29-15-14-27-30(34(29)39(50)56)19-31-38(55)51(49-36-32(44)18-24(20-48-36)42(45,46)47)40(57)41(31,23-8-10-25(43)11-9-23)35(27)28-4-2-3-5-33(28)58-17-16-52/h2-14,18,20,29-31,34-35,52H,15-17,19H2,1H3,(H,48,49). The van der Waals surface area contributed by atoms with Crippen molar-refractivity contribution < 1.29 is 47.0 Å². The van der Waals surface area contributed by atoms with Crippen LogP contribution in [0.25, 0.3) is 0 Å². The summed E-state index contributed by atoms with van der Waals surface area (Å²) in [5, 5.41) is 10.3. The molecule has 11 nitrogen and oxygen atoms in total. The summed E-state index contributed by atoms with van der Waals surface area (Å²) in [4.78, 5) is 76.0. The van der Waals surface area contributed by atoms with Crippen molar-refractivity contribution in [2.75, 3.05) is 23.5 Å². The van der Waals surface area contributed by atoms with Gasteiger partial charge in [-0.2, -0.15) is 18.2 Å². The molecule has 4 amide bonds. The molecule has 6 unspecified atom stereocenters. The molecule has 0 spiro atoms. The van der Waals surface area contributed by atoms with Crippen LogP contribution in [-0.4, -0.2) is 57.7 Å². The number of carbonyl (C=O) groups excluding carboxylic acids is 5. The molecular weight excluding hydrogens is 800 g/mol. The molecule has 0 bridgehead atoms. The average Bonchev–Trinajstić information content (AvgIpc) is 3.58. The number of halogens is 5. The first-order chi connectivity index (χ1) is 27.7. The lowest BCUT2D eigenvalue weighted by molar-refractivity contribution is -0.139. The highest BCUT2D eigenvalue weighted by atomic mass is 35.5. The van der Waals surface area contributed by atoms with Gasteiger partial charge in [-0.05, 0) is 79.8 Å². The summed E-state index contributed by atoms with van der Waals surface area (Å²) in [7, 11) is 0. The molecule has 0 radical (unpaired) electrons. The Morgan fingerprint density at radius 3 is 2.33 bits per heavy atom. The number of pyridine rings is 1. The third kappa shape index (κ3) is 6.16. The molecule has 8 rings (SSSR count). The van der Waals surface area contributed by atoms with Crippen molar-refractivity contribution in [3.63, 3.8) is 0 Å². The SMILES string of the molecule is CC(=O)c1ccc(N2C(=O)C3CC=C4C(CC5C(=O)N(Nc6ncc(C(F)(F)F)cc6Cl)C(=O)C5(c5ccc(Cl)cc5)C4c4ccccc4OCCO)C3C2=O)cc1. The predicted octanol–water partition coefficient (Wildman–Crippen LogP) is 7.17. The lowest BCUT2D eigenvalue weighted by atomic mass is 9.49.